The minimum Gasteiger partial charge on any atom is -0.353 e. The minimum atomic E-state index is 0. The molecule has 28 heavy (non-hydrogen) atoms. The van der Waals surface area contributed by atoms with Gasteiger partial charge in [-0.25, -0.2) is 0 Å². The topological polar surface area (TPSA) is 39.7 Å². The zero-order valence-electron chi connectivity index (χ0n) is 16.6. The third-order valence-corrected chi connectivity index (χ3v) is 5.65. The van der Waals surface area contributed by atoms with Crippen molar-refractivity contribution in [2.75, 3.05) is 20.1 Å². The van der Waals surface area contributed by atoms with E-state index in [4.69, 9.17) is 0 Å². The summed E-state index contributed by atoms with van der Waals surface area (Å²) in [5.41, 5.74) is 4.12. The van der Waals surface area contributed by atoms with Crippen LogP contribution in [0.3, 0.4) is 0 Å². The van der Waals surface area contributed by atoms with Crippen molar-refractivity contribution in [3.63, 3.8) is 0 Å². The van der Waals surface area contributed by atoms with Crippen LogP contribution in [0, 0.1) is 0 Å². The van der Waals surface area contributed by atoms with Gasteiger partial charge in [0.25, 0.3) is 0 Å². The first kappa shape index (κ1) is 21.1. The third kappa shape index (κ3) is 5.70. The second kappa shape index (κ2) is 10.3. The van der Waals surface area contributed by atoms with Crippen LogP contribution in [0.1, 0.15) is 41.9 Å². The Kier molecular flexibility index (Phi) is 7.73. The molecule has 5 heteroatoms. The number of hydrogen-bond donors (Lipinski definition) is 2. The van der Waals surface area contributed by atoms with Crippen molar-refractivity contribution in [1.82, 2.24) is 15.5 Å². The van der Waals surface area contributed by atoms with Gasteiger partial charge >= 0.3 is 0 Å². The highest BCUT2D eigenvalue weighted by Gasteiger charge is 2.38. The van der Waals surface area contributed by atoms with E-state index in [0.717, 1.165) is 19.0 Å². The molecule has 1 saturated heterocycles. The van der Waals surface area contributed by atoms with Crippen LogP contribution < -0.4 is 10.6 Å². The van der Waals surface area contributed by atoms with Gasteiger partial charge in [0.2, 0.25) is 0 Å². The molecular formula is C23H31IN4. The highest BCUT2D eigenvalue weighted by molar-refractivity contribution is 14.0. The molecule has 1 aliphatic heterocycles. The number of nitrogens with one attached hydrogen (secondary N) is 2. The number of rotatable bonds is 6. The lowest BCUT2D eigenvalue weighted by molar-refractivity contribution is 0.331. The second-order valence-corrected chi connectivity index (χ2v) is 7.73. The SMILES string of the molecule is CN=C(NCc1ccc(CN2CCCC2)cc1)NC1CC1c1ccccc1.I. The molecular weight excluding hydrogens is 459 g/mol. The molecule has 2 aliphatic rings. The Morgan fingerprint density at radius 2 is 1.68 bits per heavy atom. The summed E-state index contributed by atoms with van der Waals surface area (Å²) in [5, 5.41) is 7.00. The molecule has 4 rings (SSSR count). The molecule has 2 aromatic carbocycles. The fourth-order valence-corrected chi connectivity index (χ4v) is 3.94. The second-order valence-electron chi connectivity index (χ2n) is 7.73. The summed E-state index contributed by atoms with van der Waals surface area (Å²) in [6, 6.07) is 20.2. The molecule has 150 valence electrons. The first-order valence-corrected chi connectivity index (χ1v) is 10.1. The van der Waals surface area contributed by atoms with E-state index in [1.54, 1.807) is 0 Å². The summed E-state index contributed by atoms with van der Waals surface area (Å²) in [7, 11) is 1.84. The Balaban J connectivity index is 0.00000225. The molecule has 1 heterocycles. The Hall–Kier alpha value is -1.60. The molecule has 0 radical (unpaired) electrons. The number of guanidine groups is 1. The van der Waals surface area contributed by atoms with Gasteiger partial charge in [-0.15, -0.1) is 24.0 Å². The van der Waals surface area contributed by atoms with E-state index in [2.05, 4.69) is 75.1 Å². The minimum absolute atomic E-state index is 0. The fourth-order valence-electron chi connectivity index (χ4n) is 3.94. The van der Waals surface area contributed by atoms with Gasteiger partial charge in [-0.05, 0) is 49.0 Å². The average molecular weight is 490 g/mol. The molecule has 4 nitrogen and oxygen atoms in total. The van der Waals surface area contributed by atoms with Crippen LogP contribution >= 0.6 is 24.0 Å². The maximum Gasteiger partial charge on any atom is 0.191 e. The van der Waals surface area contributed by atoms with Crippen LogP contribution in [0.5, 0.6) is 0 Å². The van der Waals surface area contributed by atoms with Crippen LogP contribution in [0.25, 0.3) is 0 Å². The molecule has 2 aromatic rings. The van der Waals surface area contributed by atoms with Crippen molar-refractivity contribution < 1.29 is 0 Å². The average Bonchev–Trinajstić information content (AvgIpc) is 3.30. The van der Waals surface area contributed by atoms with Crippen molar-refractivity contribution in [1.29, 1.82) is 0 Å². The van der Waals surface area contributed by atoms with Crippen molar-refractivity contribution in [3.8, 4) is 0 Å². The smallest absolute Gasteiger partial charge is 0.191 e. The van der Waals surface area contributed by atoms with E-state index < -0.39 is 0 Å². The van der Waals surface area contributed by atoms with E-state index in [9.17, 15) is 0 Å². The van der Waals surface area contributed by atoms with Gasteiger partial charge in [0.1, 0.15) is 0 Å². The van der Waals surface area contributed by atoms with Crippen LogP contribution in [-0.4, -0.2) is 37.0 Å². The number of likely N-dealkylation sites (tertiary alicyclic amines) is 1. The van der Waals surface area contributed by atoms with E-state index >= 15 is 0 Å². The third-order valence-electron chi connectivity index (χ3n) is 5.65. The standard InChI is InChI=1S/C23H30N4.HI/c1-24-23(26-22-15-21(22)20-7-3-2-4-8-20)25-16-18-9-11-19(12-10-18)17-27-13-5-6-14-27;/h2-4,7-12,21-22H,5-6,13-17H2,1H3,(H2,24,25,26);1H. The van der Waals surface area contributed by atoms with Crippen molar-refractivity contribution in [3.05, 3.63) is 71.3 Å². The van der Waals surface area contributed by atoms with E-state index in [1.165, 1.54) is 49.0 Å². The van der Waals surface area contributed by atoms with Gasteiger partial charge in [0.15, 0.2) is 5.96 Å². The summed E-state index contributed by atoms with van der Waals surface area (Å²) in [6.07, 6.45) is 3.87. The number of hydrogen-bond acceptors (Lipinski definition) is 2. The lowest BCUT2D eigenvalue weighted by Crippen LogP contribution is -2.38. The summed E-state index contributed by atoms with van der Waals surface area (Å²) < 4.78 is 0. The lowest BCUT2D eigenvalue weighted by Gasteiger charge is -2.15. The molecule has 0 aromatic heterocycles. The first-order valence-electron chi connectivity index (χ1n) is 10.1. The predicted octanol–water partition coefficient (Wildman–Crippen LogP) is 4.12. The Labute approximate surface area is 185 Å². The van der Waals surface area contributed by atoms with Crippen molar-refractivity contribution in [2.45, 2.75) is 44.3 Å². The van der Waals surface area contributed by atoms with Gasteiger partial charge in [-0.3, -0.25) is 9.89 Å². The number of nitrogens with zero attached hydrogens (tertiary/aromatic N) is 2. The monoisotopic (exact) mass is 490 g/mol. The van der Waals surface area contributed by atoms with E-state index in [1.807, 2.05) is 7.05 Å². The molecule has 2 unspecified atom stereocenters. The Morgan fingerprint density at radius 3 is 2.36 bits per heavy atom. The highest BCUT2D eigenvalue weighted by atomic mass is 127. The maximum absolute atomic E-state index is 4.39. The normalized spacial score (nSPS) is 21.8. The largest absolute Gasteiger partial charge is 0.353 e. The van der Waals surface area contributed by atoms with Gasteiger partial charge in [0.05, 0.1) is 0 Å². The fraction of sp³-hybridized carbons (Fsp3) is 0.435. The number of benzene rings is 2. The molecule has 0 amide bonds. The van der Waals surface area contributed by atoms with Gasteiger partial charge < -0.3 is 10.6 Å². The van der Waals surface area contributed by atoms with E-state index in [0.29, 0.717) is 12.0 Å². The van der Waals surface area contributed by atoms with Crippen LogP contribution in [0.4, 0.5) is 0 Å². The summed E-state index contributed by atoms with van der Waals surface area (Å²) in [4.78, 5) is 6.92. The van der Waals surface area contributed by atoms with Gasteiger partial charge in [0, 0.05) is 32.1 Å². The molecule has 2 fully saturated rings. The molecule has 0 bridgehead atoms. The van der Waals surface area contributed by atoms with Crippen molar-refractivity contribution in [2.24, 2.45) is 4.99 Å². The Morgan fingerprint density at radius 1 is 1.00 bits per heavy atom. The van der Waals surface area contributed by atoms with Crippen molar-refractivity contribution >= 4 is 29.9 Å². The molecule has 2 N–H and O–H groups in total. The molecule has 1 aliphatic carbocycles. The lowest BCUT2D eigenvalue weighted by atomic mass is 10.1. The van der Waals surface area contributed by atoms with E-state index in [-0.39, 0.29) is 24.0 Å². The predicted molar refractivity (Wildman–Crippen MR) is 127 cm³/mol. The number of halogens is 1. The molecule has 0 spiro atoms. The maximum atomic E-state index is 4.39. The van der Waals surface area contributed by atoms with Gasteiger partial charge in [-0.2, -0.15) is 0 Å². The van der Waals surface area contributed by atoms with Crippen LogP contribution in [0.15, 0.2) is 59.6 Å². The zero-order chi connectivity index (χ0) is 18.5. The number of aliphatic imine (C=N–C) groups is 1. The summed E-state index contributed by atoms with van der Waals surface area (Å²) in [6.45, 7) is 4.37. The van der Waals surface area contributed by atoms with Gasteiger partial charge in [-0.1, -0.05) is 54.6 Å². The van der Waals surface area contributed by atoms with Crippen LogP contribution in [0.2, 0.25) is 0 Å². The summed E-state index contributed by atoms with van der Waals surface area (Å²) >= 11 is 0. The Bertz CT molecular complexity index is 754. The molecule has 1 saturated carbocycles. The molecule has 2 atom stereocenters. The highest BCUT2D eigenvalue weighted by Crippen LogP contribution is 2.40. The first-order chi connectivity index (χ1) is 13.3. The van der Waals surface area contributed by atoms with Crippen LogP contribution in [-0.2, 0) is 13.1 Å². The zero-order valence-corrected chi connectivity index (χ0v) is 18.9. The summed E-state index contributed by atoms with van der Waals surface area (Å²) in [5.74, 6) is 1.49. The quantitative estimate of drug-likeness (QED) is 0.364.